The summed E-state index contributed by atoms with van der Waals surface area (Å²) < 4.78 is 0. The summed E-state index contributed by atoms with van der Waals surface area (Å²) >= 11 is 0. The van der Waals surface area contributed by atoms with Crippen molar-refractivity contribution in [3.63, 3.8) is 0 Å². The van der Waals surface area contributed by atoms with Crippen LogP contribution in [0.25, 0.3) is 0 Å². The van der Waals surface area contributed by atoms with Gasteiger partial charge in [0.1, 0.15) is 0 Å². The molecule has 19 heavy (non-hydrogen) atoms. The van der Waals surface area contributed by atoms with E-state index < -0.39 is 0 Å². The van der Waals surface area contributed by atoms with Crippen molar-refractivity contribution in [1.82, 2.24) is 20.5 Å². The van der Waals surface area contributed by atoms with Gasteiger partial charge in [-0.1, -0.05) is 6.42 Å². The number of nitrogens with one attached hydrogen (secondary N) is 2. The maximum atomic E-state index is 11.8. The zero-order valence-electron chi connectivity index (χ0n) is 11.6. The first-order chi connectivity index (χ1) is 9.15. The summed E-state index contributed by atoms with van der Waals surface area (Å²) in [5.74, 6) is 0.252. The molecule has 1 unspecified atom stereocenters. The second-order valence-corrected chi connectivity index (χ2v) is 5.04. The lowest BCUT2D eigenvalue weighted by Crippen LogP contribution is -2.34. The summed E-state index contributed by atoms with van der Waals surface area (Å²) in [7, 11) is 0. The van der Waals surface area contributed by atoms with Gasteiger partial charge in [0, 0.05) is 12.5 Å². The first-order valence-electron chi connectivity index (χ1n) is 6.86. The van der Waals surface area contributed by atoms with Crippen molar-refractivity contribution in [3.05, 3.63) is 11.4 Å². The Bertz CT molecular complexity index is 443. The summed E-state index contributed by atoms with van der Waals surface area (Å²) in [6.07, 6.45) is 5.02. The number of hydrogen-bond acceptors (Lipinski definition) is 5. The fourth-order valence-corrected chi connectivity index (χ4v) is 2.17. The summed E-state index contributed by atoms with van der Waals surface area (Å²) in [6.45, 7) is 4.76. The van der Waals surface area contributed by atoms with Crippen LogP contribution in [0.15, 0.2) is 0 Å². The van der Waals surface area contributed by atoms with Crippen molar-refractivity contribution >= 4 is 11.9 Å². The molecule has 1 aliphatic rings. The van der Waals surface area contributed by atoms with Gasteiger partial charge in [0.15, 0.2) is 0 Å². The number of carbonyl (C=O) groups excluding carboxylic acids is 1. The molecule has 0 saturated carbocycles. The molecule has 1 saturated heterocycles. The standard InChI is InChI=1S/C13H21N5O/c1-9-10(2)17-18-13(15-9)16-12(19)7-6-11-5-3-4-8-14-11/h11,14H,3-8H2,1-2H3,(H,15,16,18,19). The van der Waals surface area contributed by atoms with E-state index in [1.807, 2.05) is 13.8 Å². The van der Waals surface area contributed by atoms with Crippen LogP contribution in [-0.4, -0.2) is 33.7 Å². The van der Waals surface area contributed by atoms with Gasteiger partial charge in [-0.05, 0) is 39.7 Å². The topological polar surface area (TPSA) is 79.8 Å². The van der Waals surface area contributed by atoms with Crippen molar-refractivity contribution in [2.24, 2.45) is 0 Å². The maximum Gasteiger partial charge on any atom is 0.249 e. The molecule has 0 aromatic carbocycles. The Morgan fingerprint density at radius 2 is 2.16 bits per heavy atom. The Balaban J connectivity index is 1.78. The minimum Gasteiger partial charge on any atom is -0.314 e. The van der Waals surface area contributed by atoms with E-state index in [-0.39, 0.29) is 5.91 Å². The molecular weight excluding hydrogens is 242 g/mol. The third kappa shape index (κ3) is 4.24. The van der Waals surface area contributed by atoms with E-state index in [1.165, 1.54) is 12.8 Å². The molecule has 0 aliphatic carbocycles. The minimum atomic E-state index is -0.0440. The van der Waals surface area contributed by atoms with Crippen LogP contribution in [0, 0.1) is 13.8 Å². The van der Waals surface area contributed by atoms with Crippen LogP contribution in [-0.2, 0) is 4.79 Å². The minimum absolute atomic E-state index is 0.0440. The number of amides is 1. The summed E-state index contributed by atoms with van der Waals surface area (Å²) in [6, 6.07) is 0.471. The molecule has 0 radical (unpaired) electrons. The zero-order chi connectivity index (χ0) is 13.7. The average molecular weight is 263 g/mol. The molecule has 1 amide bonds. The molecule has 2 rings (SSSR count). The predicted molar refractivity (Wildman–Crippen MR) is 72.8 cm³/mol. The predicted octanol–water partition coefficient (Wildman–Crippen LogP) is 1.35. The first-order valence-corrected chi connectivity index (χ1v) is 6.86. The lowest BCUT2D eigenvalue weighted by atomic mass is 10.0. The fourth-order valence-electron chi connectivity index (χ4n) is 2.17. The smallest absolute Gasteiger partial charge is 0.249 e. The van der Waals surface area contributed by atoms with E-state index >= 15 is 0 Å². The largest absolute Gasteiger partial charge is 0.314 e. The number of nitrogens with zero attached hydrogens (tertiary/aromatic N) is 3. The van der Waals surface area contributed by atoms with Crippen molar-refractivity contribution in [1.29, 1.82) is 0 Å². The highest BCUT2D eigenvalue weighted by molar-refractivity contribution is 5.88. The number of aromatic nitrogens is 3. The van der Waals surface area contributed by atoms with Gasteiger partial charge < -0.3 is 5.32 Å². The van der Waals surface area contributed by atoms with E-state index in [1.54, 1.807) is 0 Å². The van der Waals surface area contributed by atoms with E-state index in [2.05, 4.69) is 25.8 Å². The molecule has 1 aromatic heterocycles. The van der Waals surface area contributed by atoms with Crippen molar-refractivity contribution in [2.45, 2.75) is 52.0 Å². The average Bonchev–Trinajstić information content (AvgIpc) is 2.42. The molecule has 2 heterocycles. The quantitative estimate of drug-likeness (QED) is 0.857. The number of rotatable bonds is 4. The number of anilines is 1. The Morgan fingerprint density at radius 3 is 2.84 bits per heavy atom. The van der Waals surface area contributed by atoms with E-state index in [4.69, 9.17) is 0 Å². The maximum absolute atomic E-state index is 11.8. The van der Waals surface area contributed by atoms with Crippen LogP contribution in [0.4, 0.5) is 5.95 Å². The summed E-state index contributed by atoms with van der Waals surface area (Å²) in [5.41, 5.74) is 1.57. The Morgan fingerprint density at radius 1 is 1.32 bits per heavy atom. The number of hydrogen-bond donors (Lipinski definition) is 2. The van der Waals surface area contributed by atoms with Crippen LogP contribution >= 0.6 is 0 Å². The molecule has 1 fully saturated rings. The highest BCUT2D eigenvalue weighted by Gasteiger charge is 2.14. The lowest BCUT2D eigenvalue weighted by molar-refractivity contribution is -0.116. The Hall–Kier alpha value is -1.56. The zero-order valence-corrected chi connectivity index (χ0v) is 11.6. The van der Waals surface area contributed by atoms with Gasteiger partial charge >= 0.3 is 0 Å². The van der Waals surface area contributed by atoms with Crippen LogP contribution in [0.5, 0.6) is 0 Å². The molecule has 1 aliphatic heterocycles. The van der Waals surface area contributed by atoms with Crippen LogP contribution in [0.1, 0.15) is 43.5 Å². The van der Waals surface area contributed by atoms with E-state index in [0.29, 0.717) is 18.4 Å². The SMILES string of the molecule is Cc1nnc(NC(=O)CCC2CCCCN2)nc1C. The van der Waals surface area contributed by atoms with E-state index in [9.17, 15) is 4.79 Å². The fraction of sp³-hybridized carbons (Fsp3) is 0.692. The monoisotopic (exact) mass is 263 g/mol. The van der Waals surface area contributed by atoms with Crippen LogP contribution in [0.3, 0.4) is 0 Å². The van der Waals surface area contributed by atoms with Gasteiger partial charge in [-0.3, -0.25) is 10.1 Å². The van der Waals surface area contributed by atoms with Crippen molar-refractivity contribution in [2.75, 3.05) is 11.9 Å². The third-order valence-electron chi connectivity index (χ3n) is 3.48. The molecule has 6 heteroatoms. The van der Waals surface area contributed by atoms with Gasteiger partial charge in [-0.15, -0.1) is 5.10 Å². The summed E-state index contributed by atoms with van der Waals surface area (Å²) in [5, 5.41) is 13.9. The molecular formula is C13H21N5O. The van der Waals surface area contributed by atoms with Gasteiger partial charge in [0.05, 0.1) is 11.4 Å². The normalized spacial score (nSPS) is 19.2. The van der Waals surface area contributed by atoms with Gasteiger partial charge in [-0.25, -0.2) is 4.98 Å². The third-order valence-corrected chi connectivity index (χ3v) is 3.48. The summed E-state index contributed by atoms with van der Waals surface area (Å²) in [4.78, 5) is 16.0. The highest BCUT2D eigenvalue weighted by Crippen LogP contribution is 2.12. The van der Waals surface area contributed by atoms with Crippen molar-refractivity contribution in [3.8, 4) is 0 Å². The first kappa shape index (κ1) is 13.9. The molecule has 0 bridgehead atoms. The Labute approximate surface area is 113 Å². The van der Waals surface area contributed by atoms with Crippen LogP contribution < -0.4 is 10.6 Å². The number of carbonyl (C=O) groups is 1. The second kappa shape index (κ2) is 6.56. The molecule has 2 N–H and O–H groups in total. The molecule has 104 valence electrons. The molecule has 0 spiro atoms. The van der Waals surface area contributed by atoms with Gasteiger partial charge in [-0.2, -0.15) is 5.10 Å². The highest BCUT2D eigenvalue weighted by atomic mass is 16.1. The number of aryl methyl sites for hydroxylation is 2. The molecule has 1 atom stereocenters. The second-order valence-electron chi connectivity index (χ2n) is 5.04. The number of piperidine rings is 1. The van der Waals surface area contributed by atoms with Crippen molar-refractivity contribution < 1.29 is 4.79 Å². The Kier molecular flexibility index (Phi) is 4.79. The van der Waals surface area contributed by atoms with Gasteiger partial charge in [0.2, 0.25) is 11.9 Å². The lowest BCUT2D eigenvalue weighted by Gasteiger charge is -2.22. The molecule has 1 aromatic rings. The van der Waals surface area contributed by atoms with E-state index in [0.717, 1.165) is 30.8 Å². The van der Waals surface area contributed by atoms with Crippen LogP contribution in [0.2, 0.25) is 0 Å². The van der Waals surface area contributed by atoms with Gasteiger partial charge in [0.25, 0.3) is 0 Å². The molecule has 6 nitrogen and oxygen atoms in total.